The van der Waals surface area contributed by atoms with Gasteiger partial charge in [-0.3, -0.25) is 0 Å². The Bertz CT molecular complexity index is 994. The summed E-state index contributed by atoms with van der Waals surface area (Å²) in [4.78, 5) is 15.1. The molecule has 0 unspecified atom stereocenters. The summed E-state index contributed by atoms with van der Waals surface area (Å²) in [5.74, 6) is 2.21. The van der Waals surface area contributed by atoms with E-state index in [1.807, 2.05) is 30.3 Å². The summed E-state index contributed by atoms with van der Waals surface area (Å²) < 4.78 is 26.9. The van der Waals surface area contributed by atoms with Crippen LogP contribution in [0.3, 0.4) is 0 Å². The van der Waals surface area contributed by atoms with E-state index in [1.165, 1.54) is 0 Å². The molecule has 1 heterocycles. The molecule has 0 radical (unpaired) electrons. The molecule has 7 heteroatoms. The van der Waals surface area contributed by atoms with Gasteiger partial charge in [-0.1, -0.05) is 13.0 Å². The highest BCUT2D eigenvalue weighted by molar-refractivity contribution is 6.00. The zero-order valence-electron chi connectivity index (χ0n) is 17.0. The normalized spacial score (nSPS) is 10.6. The summed E-state index contributed by atoms with van der Waals surface area (Å²) in [6.45, 7) is 4.61. The summed E-state index contributed by atoms with van der Waals surface area (Å²) in [6.07, 6.45) is 0.133. The van der Waals surface area contributed by atoms with Crippen molar-refractivity contribution in [1.29, 1.82) is 0 Å². The fourth-order valence-electron chi connectivity index (χ4n) is 3.04. The number of ether oxygens (including phenoxy) is 5. The molecule has 7 nitrogen and oxygen atoms in total. The van der Waals surface area contributed by atoms with Crippen molar-refractivity contribution in [3.8, 4) is 34.3 Å². The highest BCUT2D eigenvalue weighted by Crippen LogP contribution is 2.42. The Morgan fingerprint density at radius 3 is 2.48 bits per heavy atom. The van der Waals surface area contributed by atoms with Crippen molar-refractivity contribution in [2.75, 3.05) is 27.4 Å². The predicted molar refractivity (Wildman–Crippen MR) is 110 cm³/mol. The Balaban J connectivity index is 2.15. The Morgan fingerprint density at radius 1 is 1.00 bits per heavy atom. The van der Waals surface area contributed by atoms with E-state index in [0.717, 1.165) is 28.6 Å². The zero-order chi connectivity index (χ0) is 20.8. The topological polar surface area (TPSA) is 79.0 Å². The molecule has 0 amide bonds. The molecule has 0 spiro atoms. The van der Waals surface area contributed by atoms with Crippen LogP contribution in [0.25, 0.3) is 22.0 Å². The maximum absolute atomic E-state index is 12.0. The first-order valence-corrected chi connectivity index (χ1v) is 9.46. The molecule has 1 N–H and O–H groups in total. The molecule has 3 aromatic rings. The number of hydrogen-bond donors (Lipinski definition) is 1. The third-order valence-corrected chi connectivity index (χ3v) is 4.33. The lowest BCUT2D eigenvalue weighted by molar-refractivity contribution is 0.103. The molecule has 0 fully saturated rings. The smallest absolute Gasteiger partial charge is 0.494 e. The van der Waals surface area contributed by atoms with E-state index in [1.54, 1.807) is 27.2 Å². The van der Waals surface area contributed by atoms with E-state index in [4.69, 9.17) is 23.7 Å². The number of carbonyl (C=O) groups excluding carboxylic acids is 1. The molecule has 0 aliphatic heterocycles. The molecule has 0 saturated carbocycles. The molecular formula is C22H25NO6. The minimum atomic E-state index is -0.775. The molecule has 0 aliphatic carbocycles. The van der Waals surface area contributed by atoms with E-state index in [2.05, 4.69) is 11.9 Å². The van der Waals surface area contributed by atoms with Gasteiger partial charge in [0, 0.05) is 10.9 Å². The quantitative estimate of drug-likeness (QED) is 0.526. The summed E-state index contributed by atoms with van der Waals surface area (Å²) in [7, 11) is 3.15. The van der Waals surface area contributed by atoms with Crippen LogP contribution in [0.2, 0.25) is 0 Å². The van der Waals surface area contributed by atoms with Gasteiger partial charge in [-0.25, -0.2) is 4.79 Å². The Morgan fingerprint density at radius 2 is 1.79 bits per heavy atom. The number of methoxy groups -OCH3 is 2. The van der Waals surface area contributed by atoms with Crippen LogP contribution < -0.4 is 18.9 Å². The number of benzene rings is 2. The van der Waals surface area contributed by atoms with Crippen LogP contribution in [0.5, 0.6) is 23.1 Å². The van der Waals surface area contributed by atoms with Crippen LogP contribution in [0, 0.1) is 0 Å². The Kier molecular flexibility index (Phi) is 6.49. The Hall–Kier alpha value is -3.35. The van der Waals surface area contributed by atoms with E-state index < -0.39 is 6.16 Å². The van der Waals surface area contributed by atoms with Crippen LogP contribution in [0.15, 0.2) is 36.4 Å². The van der Waals surface area contributed by atoms with Gasteiger partial charge in [0.15, 0.2) is 11.5 Å². The van der Waals surface area contributed by atoms with Crippen LogP contribution >= 0.6 is 0 Å². The average molecular weight is 399 g/mol. The second-order valence-electron chi connectivity index (χ2n) is 6.24. The van der Waals surface area contributed by atoms with Gasteiger partial charge < -0.3 is 28.7 Å². The summed E-state index contributed by atoms with van der Waals surface area (Å²) in [6, 6.07) is 11.2. The average Bonchev–Trinajstić information content (AvgIpc) is 3.08. The second kappa shape index (κ2) is 9.23. The standard InChI is InChI=1S/C22H25NO6/c1-5-11-28-15-8-9-17-16(13-15)20(21(23-17)29-22(24)27-6-2)14-7-10-18(25-3)19(12-14)26-4/h7-10,12-13,23H,5-6,11H2,1-4H3. The highest BCUT2D eigenvalue weighted by atomic mass is 16.7. The number of H-pyrrole nitrogens is 1. The van der Waals surface area contributed by atoms with Crippen molar-refractivity contribution in [3.05, 3.63) is 36.4 Å². The van der Waals surface area contributed by atoms with E-state index in [9.17, 15) is 4.79 Å². The highest BCUT2D eigenvalue weighted by Gasteiger charge is 2.20. The minimum Gasteiger partial charge on any atom is -0.494 e. The van der Waals surface area contributed by atoms with Gasteiger partial charge in [0.25, 0.3) is 0 Å². The van der Waals surface area contributed by atoms with Crippen molar-refractivity contribution < 1.29 is 28.5 Å². The largest absolute Gasteiger partial charge is 0.515 e. The maximum Gasteiger partial charge on any atom is 0.515 e. The lowest BCUT2D eigenvalue weighted by Crippen LogP contribution is -2.10. The molecule has 154 valence electrons. The van der Waals surface area contributed by atoms with Gasteiger partial charge >= 0.3 is 6.16 Å². The number of hydrogen-bond acceptors (Lipinski definition) is 6. The number of aromatic nitrogens is 1. The molecule has 0 bridgehead atoms. The number of rotatable bonds is 8. The third-order valence-electron chi connectivity index (χ3n) is 4.33. The first kappa shape index (κ1) is 20.4. The first-order valence-electron chi connectivity index (χ1n) is 9.46. The molecule has 0 aliphatic rings. The van der Waals surface area contributed by atoms with Crippen molar-refractivity contribution in [3.63, 3.8) is 0 Å². The molecule has 2 aromatic carbocycles. The van der Waals surface area contributed by atoms with Crippen LogP contribution in [-0.4, -0.2) is 38.6 Å². The van der Waals surface area contributed by atoms with Crippen molar-refractivity contribution in [2.24, 2.45) is 0 Å². The first-order chi connectivity index (χ1) is 14.1. The second-order valence-corrected chi connectivity index (χ2v) is 6.24. The van der Waals surface area contributed by atoms with Gasteiger partial charge in [0.05, 0.1) is 33.0 Å². The summed E-state index contributed by atoms with van der Waals surface area (Å²) >= 11 is 0. The molecular weight excluding hydrogens is 374 g/mol. The number of fused-ring (bicyclic) bond motifs is 1. The van der Waals surface area contributed by atoms with Crippen LogP contribution in [-0.2, 0) is 4.74 Å². The van der Waals surface area contributed by atoms with Crippen molar-refractivity contribution in [1.82, 2.24) is 4.98 Å². The molecule has 0 saturated heterocycles. The monoisotopic (exact) mass is 399 g/mol. The molecule has 0 atom stereocenters. The van der Waals surface area contributed by atoms with E-state index in [-0.39, 0.29) is 6.61 Å². The van der Waals surface area contributed by atoms with Gasteiger partial charge in [0.1, 0.15) is 5.75 Å². The molecule has 1 aromatic heterocycles. The number of nitrogens with one attached hydrogen (secondary N) is 1. The van der Waals surface area contributed by atoms with Crippen LogP contribution in [0.4, 0.5) is 4.79 Å². The van der Waals surface area contributed by atoms with Crippen molar-refractivity contribution in [2.45, 2.75) is 20.3 Å². The van der Waals surface area contributed by atoms with Gasteiger partial charge in [-0.05, 0) is 49.2 Å². The number of carbonyl (C=O) groups is 1. The summed E-state index contributed by atoms with van der Waals surface area (Å²) in [5, 5.41) is 0.852. The Labute approximate surface area is 169 Å². The fourth-order valence-corrected chi connectivity index (χ4v) is 3.04. The van der Waals surface area contributed by atoms with Gasteiger partial charge in [0.2, 0.25) is 5.88 Å². The SMILES string of the molecule is CCCOc1ccc2[nH]c(OC(=O)OCC)c(-c3ccc(OC)c(OC)c3)c2c1. The maximum atomic E-state index is 12.0. The minimum absolute atomic E-state index is 0.222. The number of aromatic amines is 1. The van der Waals surface area contributed by atoms with E-state index in [0.29, 0.717) is 29.5 Å². The third kappa shape index (κ3) is 4.39. The lowest BCUT2D eigenvalue weighted by atomic mass is 10.0. The lowest BCUT2D eigenvalue weighted by Gasteiger charge is -2.11. The fraction of sp³-hybridized carbons (Fsp3) is 0.318. The predicted octanol–water partition coefficient (Wildman–Crippen LogP) is 5.18. The summed E-state index contributed by atoms with van der Waals surface area (Å²) in [5.41, 5.74) is 2.30. The zero-order valence-corrected chi connectivity index (χ0v) is 17.0. The van der Waals surface area contributed by atoms with Gasteiger partial charge in [-0.2, -0.15) is 0 Å². The van der Waals surface area contributed by atoms with Gasteiger partial charge in [-0.15, -0.1) is 0 Å². The molecule has 3 rings (SSSR count). The van der Waals surface area contributed by atoms with Crippen LogP contribution in [0.1, 0.15) is 20.3 Å². The molecule has 29 heavy (non-hydrogen) atoms. The van der Waals surface area contributed by atoms with Crippen molar-refractivity contribution >= 4 is 17.1 Å². The van der Waals surface area contributed by atoms with E-state index >= 15 is 0 Å².